The zero-order valence-electron chi connectivity index (χ0n) is 20.8. The highest BCUT2D eigenvalue weighted by molar-refractivity contribution is 7.92. The molecule has 2 rings (SSSR count). The molecule has 0 spiro atoms. The number of ether oxygens (including phenoxy) is 1. The van der Waals surface area contributed by atoms with E-state index in [2.05, 4.69) is 5.32 Å². The maximum absolute atomic E-state index is 13.7. The number of hydrogen-bond acceptors (Lipinski definition) is 5. The van der Waals surface area contributed by atoms with Gasteiger partial charge in [-0.1, -0.05) is 62.7 Å². The van der Waals surface area contributed by atoms with E-state index in [0.717, 1.165) is 10.6 Å². The second kappa shape index (κ2) is 12.8. The second-order valence-corrected chi connectivity index (χ2v) is 10.9. The van der Waals surface area contributed by atoms with E-state index < -0.39 is 28.5 Å². The molecule has 0 saturated carbocycles. The Kier molecular flexibility index (Phi) is 10.4. The molecule has 1 N–H and O–H groups in total. The fraction of sp³-hybridized carbons (Fsp3) is 0.440. The molecule has 192 valence electrons. The summed E-state index contributed by atoms with van der Waals surface area (Å²) in [7, 11) is -2.43. The number of methoxy groups -OCH3 is 1. The van der Waals surface area contributed by atoms with E-state index in [1.165, 1.54) is 12.0 Å². The predicted octanol–water partition coefficient (Wildman–Crippen LogP) is 3.69. The number of carbonyl (C=O) groups excluding carboxylic acids is 2. The van der Waals surface area contributed by atoms with E-state index >= 15 is 0 Å². The molecule has 0 bridgehead atoms. The summed E-state index contributed by atoms with van der Waals surface area (Å²) in [6.45, 7) is 5.77. The SMILES string of the molecule is CCC(C(=O)NCC(C)C)N(Cc1ccccc1Cl)C(=O)CN(c1ccccc1OC)S(C)(=O)=O. The Balaban J connectivity index is 2.47. The molecule has 35 heavy (non-hydrogen) atoms. The number of nitrogens with zero attached hydrogens (tertiary/aromatic N) is 2. The van der Waals surface area contributed by atoms with E-state index in [4.69, 9.17) is 16.3 Å². The number of benzene rings is 2. The summed E-state index contributed by atoms with van der Waals surface area (Å²) >= 11 is 6.36. The van der Waals surface area contributed by atoms with Gasteiger partial charge in [-0.3, -0.25) is 13.9 Å². The van der Waals surface area contributed by atoms with Crippen LogP contribution in [0.15, 0.2) is 48.5 Å². The molecule has 8 nitrogen and oxygen atoms in total. The van der Waals surface area contributed by atoms with Gasteiger partial charge in [0.2, 0.25) is 21.8 Å². The summed E-state index contributed by atoms with van der Waals surface area (Å²) in [5.74, 6) is -0.293. The van der Waals surface area contributed by atoms with Gasteiger partial charge in [-0.25, -0.2) is 8.42 Å². The molecule has 2 aromatic rings. The van der Waals surface area contributed by atoms with Gasteiger partial charge in [-0.2, -0.15) is 0 Å². The smallest absolute Gasteiger partial charge is 0.244 e. The van der Waals surface area contributed by atoms with Crippen LogP contribution in [-0.2, 0) is 26.2 Å². The summed E-state index contributed by atoms with van der Waals surface area (Å²) in [5.41, 5.74) is 0.890. The average Bonchev–Trinajstić information content (AvgIpc) is 2.81. The number of halogens is 1. The fourth-order valence-electron chi connectivity index (χ4n) is 3.58. The van der Waals surface area contributed by atoms with Crippen molar-refractivity contribution in [3.05, 3.63) is 59.1 Å². The van der Waals surface area contributed by atoms with Crippen LogP contribution in [0.3, 0.4) is 0 Å². The van der Waals surface area contributed by atoms with Crippen molar-refractivity contribution in [1.29, 1.82) is 0 Å². The maximum atomic E-state index is 13.7. The minimum absolute atomic E-state index is 0.0512. The number of hydrogen-bond donors (Lipinski definition) is 1. The quantitative estimate of drug-likeness (QED) is 0.457. The van der Waals surface area contributed by atoms with E-state index in [-0.39, 0.29) is 24.1 Å². The van der Waals surface area contributed by atoms with E-state index in [1.54, 1.807) is 55.5 Å². The first-order valence-electron chi connectivity index (χ1n) is 11.4. The topological polar surface area (TPSA) is 96.0 Å². The number of carbonyl (C=O) groups is 2. The van der Waals surface area contributed by atoms with Crippen molar-refractivity contribution in [2.24, 2.45) is 5.92 Å². The van der Waals surface area contributed by atoms with Crippen LogP contribution in [0.1, 0.15) is 32.8 Å². The standard InChI is InChI=1S/C25H34ClN3O5S/c1-6-21(25(31)27-15-18(2)3)28(16-19-11-7-8-12-20(19)26)24(30)17-29(35(5,32)33)22-13-9-10-14-23(22)34-4/h7-14,18,21H,6,15-17H2,1-5H3,(H,27,31). The average molecular weight is 524 g/mol. The van der Waals surface area contributed by atoms with Crippen LogP contribution in [0.5, 0.6) is 5.75 Å². The molecule has 10 heteroatoms. The number of anilines is 1. The van der Waals surface area contributed by atoms with Crippen molar-refractivity contribution in [2.75, 3.05) is 30.8 Å². The summed E-state index contributed by atoms with van der Waals surface area (Å²) in [6.07, 6.45) is 1.37. The van der Waals surface area contributed by atoms with Gasteiger partial charge in [-0.15, -0.1) is 0 Å². The third-order valence-electron chi connectivity index (χ3n) is 5.40. The van der Waals surface area contributed by atoms with Gasteiger partial charge in [0.05, 0.1) is 19.1 Å². The molecular formula is C25H34ClN3O5S. The van der Waals surface area contributed by atoms with Gasteiger partial charge in [-0.05, 0) is 36.1 Å². The van der Waals surface area contributed by atoms with Gasteiger partial charge in [0.1, 0.15) is 18.3 Å². The van der Waals surface area contributed by atoms with Gasteiger partial charge in [0.15, 0.2) is 0 Å². The predicted molar refractivity (Wildman–Crippen MR) is 139 cm³/mol. The van der Waals surface area contributed by atoms with E-state index in [0.29, 0.717) is 29.3 Å². The lowest BCUT2D eigenvalue weighted by atomic mass is 10.1. The Bertz CT molecular complexity index is 1120. The maximum Gasteiger partial charge on any atom is 0.244 e. The minimum Gasteiger partial charge on any atom is -0.495 e. The lowest BCUT2D eigenvalue weighted by molar-refractivity contribution is -0.140. The monoisotopic (exact) mass is 523 g/mol. The molecule has 0 aromatic heterocycles. The molecule has 0 radical (unpaired) electrons. The van der Waals surface area contributed by atoms with Crippen LogP contribution in [0.2, 0.25) is 5.02 Å². The first kappa shape index (κ1) is 28.5. The van der Waals surface area contributed by atoms with Gasteiger partial charge < -0.3 is 15.0 Å². The minimum atomic E-state index is -3.86. The molecule has 0 fully saturated rings. The van der Waals surface area contributed by atoms with Crippen molar-refractivity contribution in [2.45, 2.75) is 39.8 Å². The molecule has 2 amide bonds. The second-order valence-electron chi connectivity index (χ2n) is 8.62. The van der Waals surface area contributed by atoms with E-state index in [1.807, 2.05) is 13.8 Å². The summed E-state index contributed by atoms with van der Waals surface area (Å²) in [5, 5.41) is 3.34. The Labute approximate surface area is 213 Å². The molecular weight excluding hydrogens is 490 g/mol. The molecule has 0 saturated heterocycles. The Morgan fingerprint density at radius 2 is 1.71 bits per heavy atom. The third kappa shape index (κ3) is 7.86. The first-order chi connectivity index (χ1) is 16.5. The number of amides is 2. The zero-order chi connectivity index (χ0) is 26.2. The van der Waals surface area contributed by atoms with Gasteiger partial charge in [0, 0.05) is 18.1 Å². The molecule has 0 aliphatic heterocycles. The van der Waals surface area contributed by atoms with E-state index in [9.17, 15) is 18.0 Å². The van der Waals surface area contributed by atoms with Crippen LogP contribution in [0.4, 0.5) is 5.69 Å². The van der Waals surface area contributed by atoms with Gasteiger partial charge >= 0.3 is 0 Å². The Morgan fingerprint density at radius 1 is 1.09 bits per heavy atom. The van der Waals surface area contributed by atoms with Crippen LogP contribution in [0, 0.1) is 5.92 Å². The lowest BCUT2D eigenvalue weighted by Gasteiger charge is -2.33. The molecule has 0 aliphatic rings. The normalized spacial score (nSPS) is 12.2. The molecule has 1 atom stereocenters. The fourth-order valence-corrected chi connectivity index (χ4v) is 4.63. The van der Waals surface area contributed by atoms with Crippen LogP contribution in [-0.4, -0.2) is 57.6 Å². The molecule has 1 unspecified atom stereocenters. The summed E-state index contributed by atoms with van der Waals surface area (Å²) < 4.78 is 31.8. The highest BCUT2D eigenvalue weighted by atomic mass is 35.5. The number of rotatable bonds is 12. The Hall–Kier alpha value is -2.78. The summed E-state index contributed by atoms with van der Waals surface area (Å²) in [6, 6.07) is 12.8. The highest BCUT2D eigenvalue weighted by Gasteiger charge is 2.32. The van der Waals surface area contributed by atoms with Gasteiger partial charge in [0.25, 0.3) is 0 Å². The zero-order valence-corrected chi connectivity index (χ0v) is 22.4. The largest absolute Gasteiger partial charge is 0.495 e. The highest BCUT2D eigenvalue weighted by Crippen LogP contribution is 2.30. The van der Waals surface area contributed by atoms with Crippen molar-refractivity contribution < 1.29 is 22.7 Å². The summed E-state index contributed by atoms with van der Waals surface area (Å²) in [4.78, 5) is 28.1. The van der Waals surface area contributed by atoms with Crippen LogP contribution >= 0.6 is 11.6 Å². The molecule has 0 aliphatic carbocycles. The van der Waals surface area contributed by atoms with Crippen molar-refractivity contribution in [1.82, 2.24) is 10.2 Å². The van der Waals surface area contributed by atoms with Crippen molar-refractivity contribution >= 4 is 39.1 Å². The molecule has 2 aromatic carbocycles. The Morgan fingerprint density at radius 3 is 2.29 bits per heavy atom. The number of para-hydroxylation sites is 2. The third-order valence-corrected chi connectivity index (χ3v) is 6.90. The lowest BCUT2D eigenvalue weighted by Crippen LogP contribution is -2.52. The first-order valence-corrected chi connectivity index (χ1v) is 13.6. The molecule has 0 heterocycles. The number of sulfonamides is 1. The van der Waals surface area contributed by atoms with Crippen molar-refractivity contribution in [3.63, 3.8) is 0 Å². The van der Waals surface area contributed by atoms with Crippen molar-refractivity contribution in [3.8, 4) is 5.75 Å². The van der Waals surface area contributed by atoms with Crippen LogP contribution in [0.25, 0.3) is 0 Å². The number of nitrogens with one attached hydrogen (secondary N) is 1. The van der Waals surface area contributed by atoms with Crippen LogP contribution < -0.4 is 14.4 Å².